The molecule has 0 aliphatic heterocycles. The predicted molar refractivity (Wildman–Crippen MR) is 188 cm³/mol. The van der Waals surface area contributed by atoms with Crippen molar-refractivity contribution in [1.82, 2.24) is 20.3 Å². The van der Waals surface area contributed by atoms with Gasteiger partial charge in [0.25, 0.3) is 0 Å². The Kier molecular flexibility index (Phi) is 12.6. The Morgan fingerprint density at radius 3 is 2.35 bits per heavy atom. The standard InChI is InChI=1S/C35H48N4O8S2/c1-35(2,3)38-33(41)27-21-26(47-4)17-16-25(27)20-30(40)28(19-23-11-7-6-8-12-23)37-34(42)29(39-48(5,43)44)22-49(45,46)31-15-9-13-24-14-10-18-36-32(24)31/h6-15,18,25-30,39-40H,16-17,19-22H2,1-5H3,(H,37,42)(H,38,41). The molecule has 2 amide bonds. The van der Waals surface area contributed by atoms with E-state index in [4.69, 9.17) is 4.74 Å². The smallest absolute Gasteiger partial charge is 0.239 e. The molecule has 49 heavy (non-hydrogen) atoms. The zero-order valence-corrected chi connectivity index (χ0v) is 30.3. The fourth-order valence-electron chi connectivity index (χ4n) is 6.44. The zero-order chi connectivity index (χ0) is 36.0. The van der Waals surface area contributed by atoms with Gasteiger partial charge < -0.3 is 20.5 Å². The van der Waals surface area contributed by atoms with Crippen LogP contribution in [0.3, 0.4) is 0 Å². The molecule has 4 N–H and O–H groups in total. The molecule has 3 aromatic rings. The SMILES string of the molecule is COC1CCC(CC(O)C(Cc2ccccc2)NC(=O)C(CS(=O)(=O)c2cccc3cccnc23)NS(C)(=O)=O)C(C(=O)NC(C)(C)C)C1. The van der Waals surface area contributed by atoms with Crippen LogP contribution in [0.5, 0.6) is 0 Å². The number of sulfonamides is 1. The maximum Gasteiger partial charge on any atom is 0.239 e. The molecular weight excluding hydrogens is 669 g/mol. The minimum absolute atomic E-state index is 0.106. The van der Waals surface area contributed by atoms with Crippen molar-refractivity contribution in [2.24, 2.45) is 11.8 Å². The van der Waals surface area contributed by atoms with Crippen molar-refractivity contribution in [3.8, 4) is 0 Å². The first kappa shape index (κ1) is 38.4. The van der Waals surface area contributed by atoms with Crippen molar-refractivity contribution in [1.29, 1.82) is 0 Å². The van der Waals surface area contributed by atoms with Crippen LogP contribution in [0.2, 0.25) is 0 Å². The number of pyridine rings is 1. The number of carbonyl (C=O) groups is 2. The minimum Gasteiger partial charge on any atom is -0.391 e. The molecule has 1 fully saturated rings. The van der Waals surface area contributed by atoms with Crippen LogP contribution in [0.15, 0.2) is 71.8 Å². The van der Waals surface area contributed by atoms with Gasteiger partial charge in [-0.2, -0.15) is 0 Å². The lowest BCUT2D eigenvalue weighted by Crippen LogP contribution is -2.55. The first-order valence-corrected chi connectivity index (χ1v) is 19.9. The van der Waals surface area contributed by atoms with Crippen LogP contribution in [0, 0.1) is 11.8 Å². The Bertz CT molecular complexity index is 1810. The lowest BCUT2D eigenvalue weighted by Gasteiger charge is -2.38. The van der Waals surface area contributed by atoms with E-state index >= 15 is 0 Å². The molecule has 1 saturated carbocycles. The molecule has 1 aliphatic rings. The molecule has 0 saturated heterocycles. The third-order valence-corrected chi connectivity index (χ3v) is 11.2. The van der Waals surface area contributed by atoms with Crippen molar-refractivity contribution in [3.63, 3.8) is 0 Å². The number of aliphatic hydroxyl groups excluding tert-OH is 1. The predicted octanol–water partition coefficient (Wildman–Crippen LogP) is 2.75. The monoisotopic (exact) mass is 716 g/mol. The van der Waals surface area contributed by atoms with Gasteiger partial charge in [-0.15, -0.1) is 0 Å². The molecule has 4 rings (SSSR count). The van der Waals surface area contributed by atoms with E-state index in [1.807, 2.05) is 51.1 Å². The molecular formula is C35H48N4O8S2. The van der Waals surface area contributed by atoms with Crippen LogP contribution in [0.25, 0.3) is 10.9 Å². The van der Waals surface area contributed by atoms with Crippen LogP contribution >= 0.6 is 0 Å². The minimum atomic E-state index is -4.25. The van der Waals surface area contributed by atoms with Crippen LogP contribution < -0.4 is 15.4 Å². The fourth-order valence-corrected chi connectivity index (χ4v) is 8.86. The van der Waals surface area contributed by atoms with Crippen molar-refractivity contribution < 1.29 is 36.3 Å². The number of methoxy groups -OCH3 is 1. The van der Waals surface area contributed by atoms with E-state index in [9.17, 15) is 31.5 Å². The topological polar surface area (TPSA) is 181 Å². The van der Waals surface area contributed by atoms with Crippen molar-refractivity contribution >= 4 is 42.6 Å². The van der Waals surface area contributed by atoms with Gasteiger partial charge in [0.05, 0.1) is 40.7 Å². The van der Waals surface area contributed by atoms with Gasteiger partial charge in [-0.3, -0.25) is 14.6 Å². The number of nitrogens with zero attached hydrogens (tertiary/aromatic N) is 1. The number of fused-ring (bicyclic) bond motifs is 1. The quantitative estimate of drug-likeness (QED) is 0.195. The summed E-state index contributed by atoms with van der Waals surface area (Å²) in [6.45, 7) is 5.69. The van der Waals surface area contributed by atoms with Gasteiger partial charge in [0.15, 0.2) is 9.84 Å². The highest BCUT2D eigenvalue weighted by Gasteiger charge is 2.39. The van der Waals surface area contributed by atoms with Gasteiger partial charge in [0.2, 0.25) is 21.8 Å². The van der Waals surface area contributed by atoms with Gasteiger partial charge in [-0.05, 0) is 76.5 Å². The fraction of sp³-hybridized carbons (Fsp3) is 0.514. The molecule has 1 aromatic heterocycles. The van der Waals surface area contributed by atoms with E-state index in [0.717, 1.165) is 11.8 Å². The average molecular weight is 717 g/mol. The van der Waals surface area contributed by atoms with E-state index < -0.39 is 61.2 Å². The number of sulfone groups is 1. The highest BCUT2D eigenvalue weighted by molar-refractivity contribution is 7.92. The molecule has 2 aromatic carbocycles. The van der Waals surface area contributed by atoms with Crippen molar-refractivity contribution in [2.75, 3.05) is 19.1 Å². The number of rotatable bonds is 14. The molecule has 12 nitrogen and oxygen atoms in total. The van der Waals surface area contributed by atoms with E-state index in [1.165, 1.54) is 12.3 Å². The number of carbonyl (C=O) groups excluding carboxylic acids is 2. The highest BCUT2D eigenvalue weighted by Crippen LogP contribution is 2.36. The summed E-state index contributed by atoms with van der Waals surface area (Å²) in [6.07, 6.45) is 3.16. The third kappa shape index (κ3) is 11.0. The summed E-state index contributed by atoms with van der Waals surface area (Å²) in [5, 5.41) is 18.1. The number of aliphatic hydroxyl groups is 1. The number of aromatic nitrogens is 1. The molecule has 14 heteroatoms. The third-order valence-electron chi connectivity index (χ3n) is 8.74. The largest absolute Gasteiger partial charge is 0.391 e. The van der Waals surface area contributed by atoms with Gasteiger partial charge >= 0.3 is 0 Å². The number of ether oxygens (including phenoxy) is 1. The average Bonchev–Trinajstić information content (AvgIpc) is 3.02. The Morgan fingerprint density at radius 1 is 1.00 bits per heavy atom. The Morgan fingerprint density at radius 2 is 1.69 bits per heavy atom. The van der Waals surface area contributed by atoms with Gasteiger partial charge in [0.1, 0.15) is 6.04 Å². The van der Waals surface area contributed by atoms with Crippen molar-refractivity contribution in [3.05, 3.63) is 72.4 Å². The number of hydrogen-bond acceptors (Lipinski definition) is 9. The maximum atomic E-state index is 13.9. The number of hydrogen-bond donors (Lipinski definition) is 4. The number of para-hydroxylation sites is 1. The summed E-state index contributed by atoms with van der Waals surface area (Å²) in [6, 6.07) is 14.5. The Balaban J connectivity index is 1.62. The molecule has 1 heterocycles. The second kappa shape index (κ2) is 16.1. The summed E-state index contributed by atoms with van der Waals surface area (Å²) in [4.78, 5) is 31.4. The van der Waals surface area contributed by atoms with Gasteiger partial charge in [-0.25, -0.2) is 21.6 Å². The van der Waals surface area contributed by atoms with E-state index in [0.29, 0.717) is 24.6 Å². The Labute approximate surface area is 289 Å². The van der Waals surface area contributed by atoms with Crippen LogP contribution in [-0.2, 0) is 40.6 Å². The summed E-state index contributed by atoms with van der Waals surface area (Å²) in [5.41, 5.74) is 0.530. The molecule has 0 spiro atoms. The normalized spacial score (nSPS) is 20.7. The second-order valence-electron chi connectivity index (χ2n) is 13.9. The first-order chi connectivity index (χ1) is 23.0. The number of nitrogens with one attached hydrogen (secondary N) is 3. The van der Waals surface area contributed by atoms with Crippen LogP contribution in [0.4, 0.5) is 0 Å². The second-order valence-corrected chi connectivity index (χ2v) is 17.7. The summed E-state index contributed by atoms with van der Waals surface area (Å²) in [5.74, 6) is -2.61. The van der Waals surface area contributed by atoms with Crippen LogP contribution in [-0.4, -0.2) is 87.7 Å². The molecule has 268 valence electrons. The zero-order valence-electron chi connectivity index (χ0n) is 28.6. The van der Waals surface area contributed by atoms with E-state index in [1.54, 1.807) is 31.4 Å². The molecule has 0 radical (unpaired) electrons. The number of benzene rings is 2. The first-order valence-electron chi connectivity index (χ1n) is 16.4. The van der Waals surface area contributed by atoms with Gasteiger partial charge in [0, 0.05) is 30.1 Å². The van der Waals surface area contributed by atoms with Crippen molar-refractivity contribution in [2.45, 2.75) is 87.6 Å². The molecule has 6 unspecified atom stereocenters. The van der Waals surface area contributed by atoms with E-state index in [-0.39, 0.29) is 41.2 Å². The maximum absolute atomic E-state index is 13.9. The lowest BCUT2D eigenvalue weighted by molar-refractivity contribution is -0.132. The molecule has 0 bridgehead atoms. The lowest BCUT2D eigenvalue weighted by atomic mass is 9.73. The van der Waals surface area contributed by atoms with E-state index in [2.05, 4.69) is 20.3 Å². The summed E-state index contributed by atoms with van der Waals surface area (Å²) >= 11 is 0. The summed E-state index contributed by atoms with van der Waals surface area (Å²) in [7, 11) is -6.69. The van der Waals surface area contributed by atoms with Crippen LogP contribution in [0.1, 0.15) is 52.0 Å². The summed E-state index contributed by atoms with van der Waals surface area (Å²) < 4.78 is 60.0. The molecule has 1 aliphatic carbocycles. The Hall–Kier alpha value is -3.43. The number of amides is 2. The highest BCUT2D eigenvalue weighted by atomic mass is 32.2. The van der Waals surface area contributed by atoms with Gasteiger partial charge in [-0.1, -0.05) is 48.5 Å². The molecule has 6 atom stereocenters.